The normalized spacial score (nSPS) is 27.6. The van der Waals surface area contributed by atoms with E-state index in [1.807, 2.05) is 12.4 Å². The molecule has 3 rings (SSSR count). The summed E-state index contributed by atoms with van der Waals surface area (Å²) in [5.41, 5.74) is 0.237. The fraction of sp³-hybridized carbons (Fsp3) is 0.750. The van der Waals surface area contributed by atoms with Crippen LogP contribution in [-0.2, 0) is 9.31 Å². The van der Waals surface area contributed by atoms with E-state index < -0.39 is 0 Å². The summed E-state index contributed by atoms with van der Waals surface area (Å²) in [6.45, 7) is 10.4. The lowest BCUT2D eigenvalue weighted by Gasteiger charge is -2.32. The van der Waals surface area contributed by atoms with Gasteiger partial charge < -0.3 is 14.6 Å². The molecule has 0 aromatic carbocycles. The molecule has 2 aliphatic heterocycles. The summed E-state index contributed by atoms with van der Waals surface area (Å²) in [6.07, 6.45) is 7.18. The van der Waals surface area contributed by atoms with Gasteiger partial charge in [-0.15, -0.1) is 0 Å². The van der Waals surface area contributed by atoms with Gasteiger partial charge in [0.05, 0.1) is 11.2 Å². The second-order valence-corrected chi connectivity index (χ2v) is 7.34. The third-order valence-electron chi connectivity index (χ3n) is 5.16. The minimum atomic E-state index is -0.380. The highest BCUT2D eigenvalue weighted by Gasteiger charge is 2.51. The molecule has 1 unspecified atom stereocenters. The van der Waals surface area contributed by atoms with Crippen LogP contribution in [-0.4, -0.2) is 41.4 Å². The van der Waals surface area contributed by atoms with E-state index in [0.717, 1.165) is 37.2 Å². The van der Waals surface area contributed by atoms with Gasteiger partial charge in [0.2, 0.25) is 0 Å². The standard InChI is InChI=1S/C16H26BN3O2/c1-15(2)16(3,4)22-17(21-15)13-10-19-14(20-11-13)12-6-5-8-18-9-7-12/h10-12,18H,5-9H2,1-4H3. The first-order chi connectivity index (χ1) is 10.4. The smallest absolute Gasteiger partial charge is 0.399 e. The Bertz CT molecular complexity index is 495. The molecule has 0 bridgehead atoms. The Hall–Kier alpha value is -0.975. The minimum Gasteiger partial charge on any atom is -0.399 e. The van der Waals surface area contributed by atoms with Gasteiger partial charge in [0, 0.05) is 23.8 Å². The molecule has 6 heteroatoms. The number of nitrogens with one attached hydrogen (secondary N) is 1. The zero-order valence-electron chi connectivity index (χ0n) is 14.1. The number of hydrogen-bond acceptors (Lipinski definition) is 5. The van der Waals surface area contributed by atoms with Gasteiger partial charge in [0.1, 0.15) is 5.82 Å². The van der Waals surface area contributed by atoms with Crippen molar-refractivity contribution < 1.29 is 9.31 Å². The molecular weight excluding hydrogens is 277 g/mol. The third kappa shape index (κ3) is 3.05. The Labute approximate surface area is 133 Å². The van der Waals surface area contributed by atoms with Crippen molar-refractivity contribution in [2.24, 2.45) is 0 Å². The number of rotatable bonds is 2. The largest absolute Gasteiger partial charge is 0.498 e. The van der Waals surface area contributed by atoms with E-state index in [1.165, 1.54) is 6.42 Å². The van der Waals surface area contributed by atoms with Crippen LogP contribution >= 0.6 is 0 Å². The van der Waals surface area contributed by atoms with E-state index in [4.69, 9.17) is 9.31 Å². The predicted octanol–water partition coefficient (Wildman–Crippen LogP) is 1.63. The molecule has 1 atom stereocenters. The number of nitrogens with zero attached hydrogens (tertiary/aromatic N) is 2. The van der Waals surface area contributed by atoms with Gasteiger partial charge in [-0.25, -0.2) is 9.97 Å². The molecule has 0 amide bonds. The van der Waals surface area contributed by atoms with Crippen LogP contribution in [0.25, 0.3) is 0 Å². The zero-order valence-corrected chi connectivity index (χ0v) is 14.1. The lowest BCUT2D eigenvalue weighted by Crippen LogP contribution is -2.41. The van der Waals surface area contributed by atoms with Gasteiger partial charge in [0.25, 0.3) is 0 Å². The van der Waals surface area contributed by atoms with E-state index in [1.54, 1.807) is 0 Å². The average Bonchev–Trinajstić information content (AvgIpc) is 2.67. The molecular formula is C16H26BN3O2. The van der Waals surface area contributed by atoms with E-state index in [9.17, 15) is 0 Å². The van der Waals surface area contributed by atoms with Crippen LogP contribution in [0.1, 0.15) is 58.7 Å². The molecule has 3 heterocycles. The maximum Gasteiger partial charge on any atom is 0.498 e. The predicted molar refractivity (Wildman–Crippen MR) is 87.2 cm³/mol. The first-order valence-electron chi connectivity index (χ1n) is 8.27. The van der Waals surface area contributed by atoms with Crippen LogP contribution in [0, 0.1) is 0 Å². The van der Waals surface area contributed by atoms with Crippen LogP contribution in [0.15, 0.2) is 12.4 Å². The highest BCUT2D eigenvalue weighted by Crippen LogP contribution is 2.36. The highest BCUT2D eigenvalue weighted by atomic mass is 16.7. The molecule has 120 valence electrons. The summed E-state index contributed by atoms with van der Waals surface area (Å²) in [5.74, 6) is 1.41. The first kappa shape index (κ1) is 15.9. The summed E-state index contributed by atoms with van der Waals surface area (Å²) in [7, 11) is -0.380. The SMILES string of the molecule is CC1(C)OB(c2cnc(C3CCCNCC3)nc2)OC1(C)C. The Morgan fingerprint density at radius 3 is 2.32 bits per heavy atom. The van der Waals surface area contributed by atoms with Gasteiger partial charge in [-0.2, -0.15) is 0 Å². The van der Waals surface area contributed by atoms with Crippen molar-refractivity contribution in [3.8, 4) is 0 Å². The van der Waals surface area contributed by atoms with Crippen molar-refractivity contribution in [2.75, 3.05) is 13.1 Å². The monoisotopic (exact) mass is 303 g/mol. The van der Waals surface area contributed by atoms with Gasteiger partial charge in [-0.3, -0.25) is 0 Å². The molecule has 1 aromatic rings. The zero-order chi connectivity index (χ0) is 15.8. The van der Waals surface area contributed by atoms with Gasteiger partial charge in [0.15, 0.2) is 0 Å². The minimum absolute atomic E-state index is 0.330. The van der Waals surface area contributed by atoms with Crippen molar-refractivity contribution in [2.45, 2.75) is 64.1 Å². The maximum absolute atomic E-state index is 6.04. The molecule has 0 aliphatic carbocycles. The Morgan fingerprint density at radius 1 is 1.05 bits per heavy atom. The molecule has 0 saturated carbocycles. The van der Waals surface area contributed by atoms with E-state index in [-0.39, 0.29) is 18.3 Å². The third-order valence-corrected chi connectivity index (χ3v) is 5.16. The van der Waals surface area contributed by atoms with Crippen molar-refractivity contribution >= 4 is 12.6 Å². The molecule has 0 radical (unpaired) electrons. The van der Waals surface area contributed by atoms with E-state index in [0.29, 0.717) is 5.92 Å². The molecule has 1 aromatic heterocycles. The van der Waals surface area contributed by atoms with Crippen molar-refractivity contribution in [1.29, 1.82) is 0 Å². The van der Waals surface area contributed by atoms with E-state index >= 15 is 0 Å². The molecule has 0 spiro atoms. The Balaban J connectivity index is 1.72. The molecule has 2 fully saturated rings. The lowest BCUT2D eigenvalue weighted by molar-refractivity contribution is 0.00578. The van der Waals surface area contributed by atoms with Crippen LogP contribution in [0.5, 0.6) is 0 Å². The topological polar surface area (TPSA) is 56.3 Å². The molecule has 5 nitrogen and oxygen atoms in total. The average molecular weight is 303 g/mol. The summed E-state index contributed by atoms with van der Waals surface area (Å²) >= 11 is 0. The fourth-order valence-corrected chi connectivity index (χ4v) is 2.94. The van der Waals surface area contributed by atoms with Gasteiger partial charge in [-0.05, 0) is 60.0 Å². The van der Waals surface area contributed by atoms with Gasteiger partial charge >= 0.3 is 7.12 Å². The van der Waals surface area contributed by atoms with Crippen LogP contribution in [0.2, 0.25) is 0 Å². The quantitative estimate of drug-likeness (QED) is 0.842. The second-order valence-electron chi connectivity index (χ2n) is 7.34. The summed E-state index contributed by atoms with van der Waals surface area (Å²) in [4.78, 5) is 9.17. The molecule has 22 heavy (non-hydrogen) atoms. The number of aromatic nitrogens is 2. The second kappa shape index (κ2) is 5.91. The van der Waals surface area contributed by atoms with E-state index in [2.05, 4.69) is 43.0 Å². The number of hydrogen-bond donors (Lipinski definition) is 1. The highest BCUT2D eigenvalue weighted by molar-refractivity contribution is 6.61. The molecule has 2 aliphatic rings. The fourth-order valence-electron chi connectivity index (χ4n) is 2.94. The summed E-state index contributed by atoms with van der Waals surface area (Å²) in [6, 6.07) is 0. The van der Waals surface area contributed by atoms with Crippen molar-refractivity contribution in [3.63, 3.8) is 0 Å². The van der Waals surface area contributed by atoms with Crippen LogP contribution in [0.3, 0.4) is 0 Å². The molecule has 2 saturated heterocycles. The lowest BCUT2D eigenvalue weighted by atomic mass is 9.81. The molecule has 1 N–H and O–H groups in total. The summed E-state index contributed by atoms with van der Waals surface area (Å²) in [5, 5.41) is 3.43. The maximum atomic E-state index is 6.04. The summed E-state index contributed by atoms with van der Waals surface area (Å²) < 4.78 is 12.1. The van der Waals surface area contributed by atoms with Crippen LogP contribution in [0.4, 0.5) is 0 Å². The Kier molecular flexibility index (Phi) is 4.27. The van der Waals surface area contributed by atoms with Crippen LogP contribution < -0.4 is 10.8 Å². The van der Waals surface area contributed by atoms with Crippen molar-refractivity contribution in [1.82, 2.24) is 15.3 Å². The van der Waals surface area contributed by atoms with Crippen molar-refractivity contribution in [3.05, 3.63) is 18.2 Å². The first-order valence-corrected chi connectivity index (χ1v) is 8.27. The Morgan fingerprint density at radius 2 is 1.68 bits per heavy atom. The van der Waals surface area contributed by atoms with Gasteiger partial charge in [-0.1, -0.05) is 0 Å².